The Labute approximate surface area is 93.9 Å². The summed E-state index contributed by atoms with van der Waals surface area (Å²) < 4.78 is 10.6. The summed E-state index contributed by atoms with van der Waals surface area (Å²) in [5.41, 5.74) is 1.06. The highest BCUT2D eigenvalue weighted by molar-refractivity contribution is 5.35. The van der Waals surface area contributed by atoms with Crippen molar-refractivity contribution in [3.8, 4) is 17.5 Å². The van der Waals surface area contributed by atoms with E-state index in [9.17, 15) is 0 Å². The highest BCUT2D eigenvalue weighted by Gasteiger charge is 2.03. The van der Waals surface area contributed by atoms with Crippen LogP contribution in [-0.4, -0.2) is 17.1 Å². The highest BCUT2D eigenvalue weighted by Crippen LogP contribution is 2.24. The van der Waals surface area contributed by atoms with Crippen LogP contribution in [0.1, 0.15) is 5.56 Å². The number of aromatic nitrogens is 2. The molecular formula is C12H12N2O2. The molecule has 4 heteroatoms. The molecule has 0 aliphatic carbocycles. The van der Waals surface area contributed by atoms with Crippen LogP contribution in [0.3, 0.4) is 0 Å². The fourth-order valence-electron chi connectivity index (χ4n) is 1.27. The monoisotopic (exact) mass is 216 g/mol. The van der Waals surface area contributed by atoms with Gasteiger partial charge in [-0.3, -0.25) is 0 Å². The SMILES string of the molecule is COc1cc(Oc2ccccc2C)ncn1. The molecular weight excluding hydrogens is 204 g/mol. The number of ether oxygens (including phenoxy) is 2. The van der Waals surface area contributed by atoms with Crippen molar-refractivity contribution in [3.05, 3.63) is 42.2 Å². The van der Waals surface area contributed by atoms with Gasteiger partial charge in [-0.2, -0.15) is 0 Å². The third-order valence-corrected chi connectivity index (χ3v) is 2.13. The molecule has 2 aromatic rings. The standard InChI is InChI=1S/C12H12N2O2/c1-9-5-3-4-6-10(9)16-12-7-11(15-2)13-8-14-12/h3-8H,1-2H3. The second-order valence-corrected chi connectivity index (χ2v) is 3.27. The van der Waals surface area contributed by atoms with E-state index in [4.69, 9.17) is 9.47 Å². The lowest BCUT2D eigenvalue weighted by Gasteiger charge is -2.07. The summed E-state index contributed by atoms with van der Waals surface area (Å²) in [6.45, 7) is 1.98. The van der Waals surface area contributed by atoms with Crippen molar-refractivity contribution < 1.29 is 9.47 Å². The molecule has 16 heavy (non-hydrogen) atoms. The largest absolute Gasteiger partial charge is 0.481 e. The van der Waals surface area contributed by atoms with E-state index >= 15 is 0 Å². The van der Waals surface area contributed by atoms with Crippen molar-refractivity contribution in [1.29, 1.82) is 0 Å². The first kappa shape index (κ1) is 10.4. The number of aryl methyl sites for hydroxylation is 1. The topological polar surface area (TPSA) is 44.2 Å². The molecule has 1 aromatic carbocycles. The predicted molar refractivity (Wildman–Crippen MR) is 59.8 cm³/mol. The molecule has 0 aliphatic rings. The first-order valence-corrected chi connectivity index (χ1v) is 4.89. The molecule has 0 bridgehead atoms. The molecule has 0 atom stereocenters. The molecule has 1 aromatic heterocycles. The van der Waals surface area contributed by atoms with Crippen LogP contribution >= 0.6 is 0 Å². The summed E-state index contributed by atoms with van der Waals surface area (Å²) in [5, 5.41) is 0. The van der Waals surface area contributed by atoms with Gasteiger partial charge in [-0.25, -0.2) is 9.97 Å². The average molecular weight is 216 g/mol. The Hall–Kier alpha value is -2.10. The van der Waals surface area contributed by atoms with E-state index in [1.165, 1.54) is 6.33 Å². The van der Waals surface area contributed by atoms with Gasteiger partial charge in [0.2, 0.25) is 11.8 Å². The summed E-state index contributed by atoms with van der Waals surface area (Å²) in [7, 11) is 1.56. The first-order chi connectivity index (χ1) is 7.79. The molecule has 0 radical (unpaired) electrons. The molecule has 0 aliphatic heterocycles. The van der Waals surface area contributed by atoms with E-state index in [0.717, 1.165) is 11.3 Å². The van der Waals surface area contributed by atoms with E-state index in [1.54, 1.807) is 13.2 Å². The molecule has 0 saturated heterocycles. The fraction of sp³-hybridized carbons (Fsp3) is 0.167. The number of nitrogens with zero attached hydrogens (tertiary/aromatic N) is 2. The lowest BCUT2D eigenvalue weighted by Crippen LogP contribution is -1.93. The summed E-state index contributed by atoms with van der Waals surface area (Å²) >= 11 is 0. The van der Waals surface area contributed by atoms with Crippen LogP contribution in [0.15, 0.2) is 36.7 Å². The van der Waals surface area contributed by atoms with Crippen LogP contribution in [0.4, 0.5) is 0 Å². The van der Waals surface area contributed by atoms with Crippen molar-refractivity contribution in [1.82, 2.24) is 9.97 Å². The Kier molecular flexibility index (Phi) is 3.00. The van der Waals surface area contributed by atoms with Crippen molar-refractivity contribution in [2.75, 3.05) is 7.11 Å². The van der Waals surface area contributed by atoms with Gasteiger partial charge in [0.25, 0.3) is 0 Å². The third-order valence-electron chi connectivity index (χ3n) is 2.13. The zero-order valence-corrected chi connectivity index (χ0v) is 9.18. The number of rotatable bonds is 3. The lowest BCUT2D eigenvalue weighted by molar-refractivity contribution is 0.387. The molecule has 0 spiro atoms. The van der Waals surface area contributed by atoms with Crippen LogP contribution in [0.5, 0.6) is 17.5 Å². The Morgan fingerprint density at radius 1 is 1.06 bits per heavy atom. The van der Waals surface area contributed by atoms with Gasteiger partial charge in [-0.1, -0.05) is 18.2 Å². The third kappa shape index (κ3) is 2.28. The summed E-state index contributed by atoms with van der Waals surface area (Å²) in [6, 6.07) is 9.40. The molecule has 2 rings (SSSR count). The fourth-order valence-corrected chi connectivity index (χ4v) is 1.27. The Bertz CT molecular complexity index is 486. The summed E-state index contributed by atoms with van der Waals surface area (Å²) in [4.78, 5) is 7.92. The van der Waals surface area contributed by atoms with E-state index in [1.807, 2.05) is 31.2 Å². The van der Waals surface area contributed by atoms with Gasteiger partial charge < -0.3 is 9.47 Å². The molecule has 0 fully saturated rings. The molecule has 0 saturated carbocycles. The van der Waals surface area contributed by atoms with E-state index in [0.29, 0.717) is 11.8 Å². The summed E-state index contributed by atoms with van der Waals surface area (Å²) in [6.07, 6.45) is 1.41. The highest BCUT2D eigenvalue weighted by atomic mass is 16.5. The van der Waals surface area contributed by atoms with E-state index in [2.05, 4.69) is 9.97 Å². The minimum atomic E-state index is 0.473. The Morgan fingerprint density at radius 3 is 2.56 bits per heavy atom. The Balaban J connectivity index is 2.24. The number of para-hydroxylation sites is 1. The molecule has 82 valence electrons. The van der Waals surface area contributed by atoms with Gasteiger partial charge in [0.1, 0.15) is 12.1 Å². The molecule has 0 N–H and O–H groups in total. The second kappa shape index (κ2) is 4.61. The lowest BCUT2D eigenvalue weighted by atomic mass is 10.2. The number of benzene rings is 1. The first-order valence-electron chi connectivity index (χ1n) is 4.89. The predicted octanol–water partition coefficient (Wildman–Crippen LogP) is 2.59. The van der Waals surface area contributed by atoms with Gasteiger partial charge in [-0.05, 0) is 18.6 Å². The number of hydrogen-bond donors (Lipinski definition) is 0. The number of methoxy groups -OCH3 is 1. The number of hydrogen-bond acceptors (Lipinski definition) is 4. The van der Waals surface area contributed by atoms with Crippen molar-refractivity contribution in [2.45, 2.75) is 6.92 Å². The zero-order chi connectivity index (χ0) is 11.4. The van der Waals surface area contributed by atoms with Crippen molar-refractivity contribution >= 4 is 0 Å². The Morgan fingerprint density at radius 2 is 1.81 bits per heavy atom. The minimum absolute atomic E-state index is 0.473. The molecule has 0 amide bonds. The van der Waals surface area contributed by atoms with Crippen LogP contribution in [0.2, 0.25) is 0 Å². The van der Waals surface area contributed by atoms with Crippen LogP contribution in [0.25, 0.3) is 0 Å². The van der Waals surface area contributed by atoms with Crippen molar-refractivity contribution in [3.63, 3.8) is 0 Å². The maximum absolute atomic E-state index is 5.62. The van der Waals surface area contributed by atoms with E-state index in [-0.39, 0.29) is 0 Å². The van der Waals surface area contributed by atoms with Gasteiger partial charge in [0.05, 0.1) is 13.2 Å². The van der Waals surface area contributed by atoms with Crippen LogP contribution < -0.4 is 9.47 Å². The quantitative estimate of drug-likeness (QED) is 0.791. The summed E-state index contributed by atoms with van der Waals surface area (Å²) in [5.74, 6) is 1.74. The van der Waals surface area contributed by atoms with E-state index < -0.39 is 0 Å². The zero-order valence-electron chi connectivity index (χ0n) is 9.18. The molecule has 0 unspecified atom stereocenters. The normalized spacial score (nSPS) is 9.88. The van der Waals surface area contributed by atoms with Crippen LogP contribution in [0, 0.1) is 6.92 Å². The minimum Gasteiger partial charge on any atom is -0.481 e. The van der Waals surface area contributed by atoms with Crippen molar-refractivity contribution in [2.24, 2.45) is 0 Å². The van der Waals surface area contributed by atoms with Gasteiger partial charge in [0, 0.05) is 0 Å². The molecule has 4 nitrogen and oxygen atoms in total. The second-order valence-electron chi connectivity index (χ2n) is 3.27. The van der Waals surface area contributed by atoms with Gasteiger partial charge in [0.15, 0.2) is 0 Å². The molecule has 1 heterocycles. The van der Waals surface area contributed by atoms with Gasteiger partial charge >= 0.3 is 0 Å². The maximum atomic E-state index is 5.62. The average Bonchev–Trinajstić information content (AvgIpc) is 2.32. The van der Waals surface area contributed by atoms with Crippen LogP contribution in [-0.2, 0) is 0 Å². The van der Waals surface area contributed by atoms with Gasteiger partial charge in [-0.15, -0.1) is 0 Å². The maximum Gasteiger partial charge on any atom is 0.226 e. The smallest absolute Gasteiger partial charge is 0.226 e.